The molecule has 0 spiro atoms. The molecule has 3 aromatic rings. The van der Waals surface area contributed by atoms with E-state index in [0.29, 0.717) is 10.6 Å². The molecule has 0 amide bonds. The van der Waals surface area contributed by atoms with Crippen LogP contribution in [0.5, 0.6) is 0 Å². The normalized spacial score (nSPS) is 22.0. The van der Waals surface area contributed by atoms with E-state index in [9.17, 15) is 26.7 Å². The molecule has 0 bridgehead atoms. The van der Waals surface area contributed by atoms with Crippen LogP contribution in [-0.4, -0.2) is 57.0 Å². The fourth-order valence-corrected chi connectivity index (χ4v) is 4.52. The van der Waals surface area contributed by atoms with Crippen molar-refractivity contribution < 1.29 is 55.2 Å². The van der Waals surface area contributed by atoms with Crippen LogP contribution in [0.25, 0.3) is 0 Å². The largest absolute Gasteiger partial charge is 0.453 e. The Balaban J connectivity index is 1.67. The molecule has 5 atom stereocenters. The fraction of sp³-hybridized carbons (Fsp3) is 0.367. The van der Waals surface area contributed by atoms with Crippen LogP contribution < -0.4 is 0 Å². The molecule has 232 valence electrons. The molecule has 0 radical (unpaired) electrons. The van der Waals surface area contributed by atoms with E-state index in [-0.39, 0.29) is 26.4 Å². The molecular weight excluding hydrogens is 603 g/mol. The molecule has 1 aliphatic heterocycles. The summed E-state index contributed by atoms with van der Waals surface area (Å²) in [5.74, 6) is -13.4. The number of ether oxygens (including phenoxy) is 6. The van der Waals surface area contributed by atoms with E-state index in [0.717, 1.165) is 5.56 Å². The Morgan fingerprint density at radius 3 is 1.91 bits per heavy atom. The van der Waals surface area contributed by atoms with Gasteiger partial charge in [0.15, 0.2) is 35.7 Å². The van der Waals surface area contributed by atoms with Crippen LogP contribution in [0.15, 0.2) is 54.6 Å². The molecule has 1 heterocycles. The van der Waals surface area contributed by atoms with Gasteiger partial charge in [-0.25, -0.2) is 26.7 Å². The summed E-state index contributed by atoms with van der Waals surface area (Å²) < 4.78 is 105. The monoisotopic (exact) mass is 630 g/mol. The minimum atomic E-state index is -2.41. The second-order valence-electron chi connectivity index (χ2n) is 9.55. The van der Waals surface area contributed by atoms with Crippen molar-refractivity contribution in [2.24, 2.45) is 0 Å². The summed E-state index contributed by atoms with van der Waals surface area (Å²) in [4.78, 5) is 13.0. The maximum absolute atomic E-state index is 14.5. The summed E-state index contributed by atoms with van der Waals surface area (Å²) in [5.41, 5.74) is -0.322. The van der Waals surface area contributed by atoms with Gasteiger partial charge in [-0.05, 0) is 30.2 Å². The van der Waals surface area contributed by atoms with Crippen LogP contribution in [-0.2, 0) is 41.6 Å². The predicted molar refractivity (Wildman–Crippen MR) is 143 cm³/mol. The fourth-order valence-electron chi connectivity index (χ4n) is 4.39. The van der Waals surface area contributed by atoms with Crippen molar-refractivity contribution in [2.75, 3.05) is 20.3 Å². The van der Waals surface area contributed by atoms with Crippen LogP contribution in [0.1, 0.15) is 28.4 Å². The molecular formula is C30H28ClF5O7. The van der Waals surface area contributed by atoms with Gasteiger partial charge in [0, 0.05) is 12.1 Å². The lowest BCUT2D eigenvalue weighted by Crippen LogP contribution is -2.60. The van der Waals surface area contributed by atoms with Crippen LogP contribution in [0.3, 0.4) is 0 Å². The van der Waals surface area contributed by atoms with Gasteiger partial charge in [0.25, 0.3) is 0 Å². The number of carbonyl (C=O) groups excluding carboxylic acids is 1. The van der Waals surface area contributed by atoms with Gasteiger partial charge in [0.05, 0.1) is 32.5 Å². The minimum Gasteiger partial charge on any atom is -0.453 e. The molecule has 0 aliphatic carbocycles. The molecule has 1 aliphatic rings. The SMILES string of the molecule is COCCO[C@@H]1O[C@@H](C)[C@H](OC(=O)c2c(F)c(F)c(F)c(F)c2F)[C@@H](OCc2ccccc2)[C@H]1OCc1ccc(Cl)cc1. The highest BCUT2D eigenvalue weighted by atomic mass is 35.5. The molecule has 0 aromatic heterocycles. The Morgan fingerprint density at radius 2 is 1.30 bits per heavy atom. The van der Waals surface area contributed by atoms with Crippen molar-refractivity contribution in [2.45, 2.75) is 50.8 Å². The summed E-state index contributed by atoms with van der Waals surface area (Å²) >= 11 is 5.98. The molecule has 13 heteroatoms. The third-order valence-electron chi connectivity index (χ3n) is 6.59. The maximum Gasteiger partial charge on any atom is 0.344 e. The summed E-state index contributed by atoms with van der Waals surface area (Å²) in [7, 11) is 1.48. The molecule has 0 saturated carbocycles. The number of hydrogen-bond donors (Lipinski definition) is 0. The summed E-state index contributed by atoms with van der Waals surface area (Å²) in [6.07, 6.45) is -5.89. The highest BCUT2D eigenvalue weighted by Crippen LogP contribution is 2.32. The van der Waals surface area contributed by atoms with Crippen molar-refractivity contribution in [1.29, 1.82) is 0 Å². The second kappa shape index (κ2) is 15.0. The van der Waals surface area contributed by atoms with Crippen LogP contribution in [0, 0.1) is 29.1 Å². The summed E-state index contributed by atoms with van der Waals surface area (Å²) in [5, 5.41) is 0.503. The van der Waals surface area contributed by atoms with Crippen LogP contribution in [0.2, 0.25) is 5.02 Å². The van der Waals surface area contributed by atoms with Crippen molar-refractivity contribution in [3.05, 3.63) is 105 Å². The smallest absolute Gasteiger partial charge is 0.344 e. The first-order valence-corrected chi connectivity index (χ1v) is 13.5. The zero-order chi connectivity index (χ0) is 31.1. The van der Waals surface area contributed by atoms with E-state index in [1.807, 2.05) is 0 Å². The lowest BCUT2D eigenvalue weighted by Gasteiger charge is -2.44. The quantitative estimate of drug-likeness (QED) is 0.0783. The van der Waals surface area contributed by atoms with Gasteiger partial charge >= 0.3 is 5.97 Å². The predicted octanol–water partition coefficient (Wildman–Crippen LogP) is 6.14. The van der Waals surface area contributed by atoms with E-state index in [1.165, 1.54) is 14.0 Å². The Hall–Kier alpha value is -3.13. The van der Waals surface area contributed by atoms with Gasteiger partial charge in [-0.3, -0.25) is 0 Å². The summed E-state index contributed by atoms with van der Waals surface area (Å²) in [6.45, 7) is 1.71. The Bertz CT molecular complexity index is 1350. The zero-order valence-corrected chi connectivity index (χ0v) is 23.8. The lowest BCUT2D eigenvalue weighted by atomic mass is 9.98. The van der Waals surface area contributed by atoms with Gasteiger partial charge in [0.1, 0.15) is 17.8 Å². The van der Waals surface area contributed by atoms with Crippen molar-refractivity contribution in [1.82, 2.24) is 0 Å². The van der Waals surface area contributed by atoms with E-state index in [2.05, 4.69) is 0 Å². The molecule has 43 heavy (non-hydrogen) atoms. The van der Waals surface area contributed by atoms with Gasteiger partial charge in [0.2, 0.25) is 5.82 Å². The third kappa shape index (κ3) is 7.88. The topological polar surface area (TPSA) is 72.5 Å². The molecule has 7 nitrogen and oxygen atoms in total. The number of methoxy groups -OCH3 is 1. The first kappa shape index (κ1) is 32.8. The average molecular weight is 631 g/mol. The lowest BCUT2D eigenvalue weighted by molar-refractivity contribution is -0.313. The highest BCUT2D eigenvalue weighted by molar-refractivity contribution is 6.30. The Kier molecular flexibility index (Phi) is 11.5. The molecule has 4 rings (SSSR count). The molecule has 0 unspecified atom stereocenters. The standard InChI is InChI=1S/C30H28ClF5O7/c1-16-26(43-29(37)20-21(32)23(34)25(36)24(35)22(20)33)27(40-14-17-6-4-3-5-7-17)28(30(42-16)39-13-12-38-2)41-15-18-8-10-19(31)11-9-18/h3-11,16,26-28,30H,12-15H2,1-2H3/t16-,26-,27+,28+,30+/m0/s1. The van der Waals surface area contributed by atoms with Crippen LogP contribution in [0.4, 0.5) is 22.0 Å². The van der Waals surface area contributed by atoms with Crippen molar-refractivity contribution >= 4 is 17.6 Å². The first-order valence-electron chi connectivity index (χ1n) is 13.1. The van der Waals surface area contributed by atoms with E-state index < -0.39 is 71.3 Å². The number of hydrogen-bond acceptors (Lipinski definition) is 7. The van der Waals surface area contributed by atoms with Gasteiger partial charge in [-0.15, -0.1) is 0 Å². The van der Waals surface area contributed by atoms with E-state index in [4.69, 9.17) is 40.0 Å². The molecule has 0 N–H and O–H groups in total. The minimum absolute atomic E-state index is 0.00673. The average Bonchev–Trinajstić information content (AvgIpc) is 3.00. The first-order chi connectivity index (χ1) is 20.6. The maximum atomic E-state index is 14.5. The van der Waals surface area contributed by atoms with Gasteiger partial charge in [-0.1, -0.05) is 54.1 Å². The molecule has 3 aromatic carbocycles. The molecule has 1 saturated heterocycles. The Labute approximate surface area is 249 Å². The number of esters is 1. The van der Waals surface area contributed by atoms with Gasteiger partial charge < -0.3 is 28.4 Å². The van der Waals surface area contributed by atoms with Crippen LogP contribution >= 0.6 is 11.6 Å². The number of carbonyl (C=O) groups is 1. The van der Waals surface area contributed by atoms with E-state index >= 15 is 0 Å². The third-order valence-corrected chi connectivity index (χ3v) is 6.85. The van der Waals surface area contributed by atoms with E-state index in [1.54, 1.807) is 54.6 Å². The van der Waals surface area contributed by atoms with Crippen molar-refractivity contribution in [3.8, 4) is 0 Å². The number of rotatable bonds is 12. The molecule has 1 fully saturated rings. The second-order valence-corrected chi connectivity index (χ2v) is 9.99. The number of halogens is 6. The zero-order valence-electron chi connectivity index (χ0n) is 23.0. The summed E-state index contributed by atoms with van der Waals surface area (Å²) in [6, 6.07) is 15.6. The number of benzene rings is 3. The van der Waals surface area contributed by atoms with Gasteiger partial charge in [-0.2, -0.15) is 0 Å². The van der Waals surface area contributed by atoms with Crippen molar-refractivity contribution in [3.63, 3.8) is 0 Å². The Morgan fingerprint density at radius 1 is 0.744 bits per heavy atom. The highest BCUT2D eigenvalue weighted by Gasteiger charge is 2.49.